The molecule has 2 aromatic rings. The van der Waals surface area contributed by atoms with Crippen LogP contribution in [0.5, 0.6) is 0 Å². The van der Waals surface area contributed by atoms with Gasteiger partial charge in [0.25, 0.3) is 5.56 Å². The number of halogens is 1. The van der Waals surface area contributed by atoms with E-state index in [0.717, 1.165) is 16.7 Å². The van der Waals surface area contributed by atoms with Gasteiger partial charge in [0.1, 0.15) is 18.6 Å². The highest BCUT2D eigenvalue weighted by molar-refractivity contribution is 6.76. The molecule has 0 aliphatic carbocycles. The zero-order chi connectivity index (χ0) is 22.6. The van der Waals surface area contributed by atoms with Crippen LogP contribution in [-0.2, 0) is 21.0 Å². The summed E-state index contributed by atoms with van der Waals surface area (Å²) in [7, 11) is -0.156. The number of hydrogen-bond acceptors (Lipinski definition) is 5. The van der Waals surface area contributed by atoms with Gasteiger partial charge in [-0.3, -0.25) is 9.36 Å². The number of esters is 1. The van der Waals surface area contributed by atoms with E-state index in [0.29, 0.717) is 12.2 Å². The third-order valence-electron chi connectivity index (χ3n) is 4.68. The summed E-state index contributed by atoms with van der Waals surface area (Å²) in [6.45, 7) is 12.4. The summed E-state index contributed by atoms with van der Waals surface area (Å²) in [5, 5.41) is -0.0148. The van der Waals surface area contributed by atoms with E-state index in [1.807, 2.05) is 0 Å². The Kier molecular flexibility index (Phi) is 7.54. The van der Waals surface area contributed by atoms with Crippen LogP contribution in [0, 0.1) is 5.82 Å². The molecular weight excluding hydrogens is 407 g/mol. The van der Waals surface area contributed by atoms with Crippen molar-refractivity contribution in [2.45, 2.75) is 51.8 Å². The maximum Gasteiger partial charge on any atom is 0.334 e. The van der Waals surface area contributed by atoms with E-state index in [1.165, 1.54) is 23.8 Å². The van der Waals surface area contributed by atoms with Gasteiger partial charge in [-0.15, -0.1) is 6.58 Å². The molecule has 1 atom stereocenters. The number of carbonyl (C=O) groups excluding carboxylic acids is 1. The number of benzene rings is 1. The van der Waals surface area contributed by atoms with Gasteiger partial charge in [0.05, 0.1) is 18.0 Å². The summed E-state index contributed by atoms with van der Waals surface area (Å²) in [6.07, 6.45) is 0.0408. The fraction of sp³-hybridized carbons (Fsp3) is 0.476. The minimum absolute atomic E-state index is 0.0148. The minimum Gasteiger partial charge on any atom is -0.467 e. The number of allylic oxidation sites excluding steroid dienone is 1. The molecule has 0 fully saturated rings. The second kappa shape index (κ2) is 9.52. The molecule has 0 saturated heterocycles. The lowest BCUT2D eigenvalue weighted by Crippen LogP contribution is -2.45. The normalized spacial score (nSPS) is 12.7. The van der Waals surface area contributed by atoms with Crippen LogP contribution >= 0.6 is 0 Å². The van der Waals surface area contributed by atoms with Crippen LogP contribution in [0.2, 0.25) is 25.7 Å². The average Bonchev–Trinajstić information content (AvgIpc) is 2.65. The first-order chi connectivity index (χ1) is 14.0. The molecule has 1 unspecified atom stereocenters. The smallest absolute Gasteiger partial charge is 0.334 e. The summed E-state index contributed by atoms with van der Waals surface area (Å²) in [4.78, 5) is 38.7. The molecule has 9 heteroatoms. The Balaban J connectivity index is 2.65. The summed E-state index contributed by atoms with van der Waals surface area (Å²) in [5.74, 6) is -1.37. The van der Waals surface area contributed by atoms with Gasteiger partial charge in [0.2, 0.25) is 0 Å². The predicted octanol–water partition coefficient (Wildman–Crippen LogP) is 3.29. The highest BCUT2D eigenvalue weighted by Gasteiger charge is 2.27. The lowest BCUT2D eigenvalue weighted by molar-refractivity contribution is -0.144. The zero-order valence-electron chi connectivity index (χ0n) is 18.2. The second-order valence-corrected chi connectivity index (χ2v) is 14.2. The number of aromatic nitrogens is 2. The van der Waals surface area contributed by atoms with Crippen LogP contribution in [0.25, 0.3) is 10.9 Å². The Morgan fingerprint density at radius 2 is 1.93 bits per heavy atom. The van der Waals surface area contributed by atoms with Crippen molar-refractivity contribution in [2.24, 2.45) is 0 Å². The van der Waals surface area contributed by atoms with Gasteiger partial charge in [-0.1, -0.05) is 25.2 Å². The molecule has 0 spiro atoms. The van der Waals surface area contributed by atoms with Crippen LogP contribution in [0.3, 0.4) is 0 Å². The lowest BCUT2D eigenvalue weighted by atomic mass is 10.1. The SMILES string of the molecule is C=C(C)CC(C(=O)OC)n1c(=O)c2cc(F)ccc2n(COCC[Si](C)(C)C)c1=O. The number of hydrogen-bond donors (Lipinski definition) is 0. The molecule has 0 saturated carbocycles. The van der Waals surface area contributed by atoms with Crippen molar-refractivity contribution < 1.29 is 18.7 Å². The molecule has 1 aromatic heterocycles. The van der Waals surface area contributed by atoms with Crippen LogP contribution in [-0.4, -0.2) is 36.9 Å². The Bertz CT molecular complexity index is 1070. The quantitative estimate of drug-likeness (QED) is 0.261. The number of fused-ring (bicyclic) bond motifs is 1. The van der Waals surface area contributed by atoms with E-state index >= 15 is 0 Å². The van der Waals surface area contributed by atoms with Crippen molar-refractivity contribution in [1.29, 1.82) is 0 Å². The van der Waals surface area contributed by atoms with Crippen molar-refractivity contribution in [3.63, 3.8) is 0 Å². The number of carbonyl (C=O) groups is 1. The largest absolute Gasteiger partial charge is 0.467 e. The summed E-state index contributed by atoms with van der Waals surface area (Å²) in [5.41, 5.74) is -0.642. The van der Waals surface area contributed by atoms with Crippen molar-refractivity contribution in [2.75, 3.05) is 13.7 Å². The third-order valence-corrected chi connectivity index (χ3v) is 6.38. The molecule has 0 radical (unpaired) electrons. The molecule has 30 heavy (non-hydrogen) atoms. The molecule has 0 N–H and O–H groups in total. The minimum atomic E-state index is -1.33. The second-order valence-electron chi connectivity index (χ2n) is 8.60. The van der Waals surface area contributed by atoms with Gasteiger partial charge < -0.3 is 9.47 Å². The van der Waals surface area contributed by atoms with Crippen LogP contribution in [0.15, 0.2) is 39.9 Å². The zero-order valence-corrected chi connectivity index (χ0v) is 19.2. The topological polar surface area (TPSA) is 79.5 Å². The molecule has 1 aromatic carbocycles. The third kappa shape index (κ3) is 5.54. The molecule has 0 bridgehead atoms. The summed E-state index contributed by atoms with van der Waals surface area (Å²) >= 11 is 0. The Labute approximate surface area is 175 Å². The molecule has 164 valence electrons. The molecule has 0 aliphatic heterocycles. The van der Waals surface area contributed by atoms with Crippen LogP contribution in [0.4, 0.5) is 4.39 Å². The van der Waals surface area contributed by atoms with E-state index in [1.54, 1.807) is 6.92 Å². The van der Waals surface area contributed by atoms with Gasteiger partial charge in [0.15, 0.2) is 0 Å². The first-order valence-electron chi connectivity index (χ1n) is 9.71. The fourth-order valence-electron chi connectivity index (χ4n) is 3.04. The van der Waals surface area contributed by atoms with E-state index in [-0.39, 0.29) is 24.1 Å². The Morgan fingerprint density at radius 1 is 1.27 bits per heavy atom. The molecule has 2 rings (SSSR count). The van der Waals surface area contributed by atoms with Crippen LogP contribution in [0.1, 0.15) is 19.4 Å². The van der Waals surface area contributed by atoms with Crippen LogP contribution < -0.4 is 11.2 Å². The lowest BCUT2D eigenvalue weighted by Gasteiger charge is -2.21. The van der Waals surface area contributed by atoms with E-state index < -0.39 is 37.2 Å². The van der Waals surface area contributed by atoms with Crippen molar-refractivity contribution >= 4 is 24.9 Å². The number of ether oxygens (including phenoxy) is 2. The maximum atomic E-state index is 13.9. The number of methoxy groups -OCH3 is 1. The van der Waals surface area contributed by atoms with Gasteiger partial charge in [-0.25, -0.2) is 18.5 Å². The molecule has 1 heterocycles. The van der Waals surface area contributed by atoms with E-state index in [9.17, 15) is 18.8 Å². The highest BCUT2D eigenvalue weighted by atomic mass is 28.3. The molecule has 0 aliphatic rings. The number of rotatable bonds is 9. The van der Waals surface area contributed by atoms with Crippen molar-refractivity contribution in [3.8, 4) is 0 Å². The standard InChI is InChI=1S/C21H29FN2O5Si/c1-14(2)11-18(20(26)28-3)24-19(25)16-12-15(22)7-8-17(16)23(21(24)27)13-29-9-10-30(4,5)6/h7-8,12,18H,1,9-11,13H2,2-6H3. The molecule has 7 nitrogen and oxygen atoms in total. The van der Waals surface area contributed by atoms with E-state index in [2.05, 4.69) is 26.2 Å². The molecular formula is C21H29FN2O5Si. The summed E-state index contributed by atoms with van der Waals surface area (Å²) in [6, 6.07) is 3.30. The Hall–Kier alpha value is -2.52. The first kappa shape index (κ1) is 23.8. The van der Waals surface area contributed by atoms with E-state index in [4.69, 9.17) is 9.47 Å². The number of nitrogens with zero attached hydrogens (tertiary/aromatic N) is 2. The average molecular weight is 437 g/mol. The maximum absolute atomic E-state index is 13.9. The van der Waals surface area contributed by atoms with Crippen molar-refractivity contribution in [3.05, 3.63) is 57.0 Å². The van der Waals surface area contributed by atoms with Gasteiger partial charge >= 0.3 is 11.7 Å². The predicted molar refractivity (Wildman–Crippen MR) is 117 cm³/mol. The first-order valence-corrected chi connectivity index (χ1v) is 13.4. The molecule has 0 amide bonds. The van der Waals surface area contributed by atoms with Crippen molar-refractivity contribution in [1.82, 2.24) is 9.13 Å². The van der Waals surface area contributed by atoms with Gasteiger partial charge in [-0.05, 0) is 37.6 Å². The fourth-order valence-corrected chi connectivity index (χ4v) is 3.80. The van der Waals surface area contributed by atoms with Gasteiger partial charge in [-0.2, -0.15) is 0 Å². The summed E-state index contributed by atoms with van der Waals surface area (Å²) < 4.78 is 26.5. The van der Waals surface area contributed by atoms with Gasteiger partial charge in [0, 0.05) is 14.7 Å². The Morgan fingerprint density at radius 3 is 2.50 bits per heavy atom. The highest BCUT2D eigenvalue weighted by Crippen LogP contribution is 2.18. The monoisotopic (exact) mass is 436 g/mol.